The fourth-order valence-corrected chi connectivity index (χ4v) is 0.519. The van der Waals surface area contributed by atoms with Crippen LogP contribution in [-0.2, 0) is 0 Å². The van der Waals surface area contributed by atoms with E-state index in [1.165, 1.54) is 22.2 Å². The lowest BCUT2D eigenvalue weighted by Gasteiger charge is -1.98. The zero-order chi connectivity index (χ0) is 7.52. The summed E-state index contributed by atoms with van der Waals surface area (Å²) in [5.74, 6) is 0. The van der Waals surface area contributed by atoms with Crippen LogP contribution in [0.2, 0.25) is 0 Å². The third-order valence-electron chi connectivity index (χ3n) is 0.903. The van der Waals surface area contributed by atoms with Crippen LogP contribution in [0.4, 0.5) is 0 Å². The first-order chi connectivity index (χ1) is 5.45. The van der Waals surface area contributed by atoms with E-state index in [9.17, 15) is 0 Å². The van der Waals surface area contributed by atoms with E-state index in [1.807, 2.05) is 0 Å². The molecule has 0 amide bonds. The standard InChI is InChI=1S/C2H3N9.H3N/c1-3-5-7-10(1)9-11-2-4-6-8-11;/h1-2,9H;1H3/p+1. The maximum Gasteiger partial charge on any atom is 0.163 e. The van der Waals surface area contributed by atoms with Crippen LogP contribution in [0.15, 0.2) is 12.7 Å². The molecule has 0 unspecified atom stereocenters. The highest BCUT2D eigenvalue weighted by Crippen LogP contribution is 1.70. The second-order valence-electron chi connectivity index (χ2n) is 1.61. The molecule has 0 aliphatic rings. The summed E-state index contributed by atoms with van der Waals surface area (Å²) in [7, 11) is 0. The largest absolute Gasteiger partial charge is 0.369 e. The first-order valence-corrected chi connectivity index (χ1v) is 2.68. The van der Waals surface area contributed by atoms with Gasteiger partial charge >= 0.3 is 0 Å². The highest BCUT2D eigenvalue weighted by Gasteiger charge is 1.91. The Labute approximate surface area is 66.1 Å². The van der Waals surface area contributed by atoms with Crippen LogP contribution in [0, 0.1) is 0 Å². The molecule has 10 nitrogen and oxygen atoms in total. The van der Waals surface area contributed by atoms with Gasteiger partial charge in [-0.05, 0) is 20.9 Å². The molecule has 0 atom stereocenters. The predicted octanol–water partition coefficient (Wildman–Crippen LogP) is -1.96. The summed E-state index contributed by atoms with van der Waals surface area (Å²) in [6.07, 6.45) is 2.75. The fraction of sp³-hybridized carbons (Fsp3) is 0. The molecule has 64 valence electrons. The van der Waals surface area contributed by atoms with Gasteiger partial charge in [0.1, 0.15) is 0 Å². The summed E-state index contributed by atoms with van der Waals surface area (Å²) in [5.41, 5.74) is 2.62. The lowest BCUT2D eigenvalue weighted by molar-refractivity contribution is 0.582. The molecule has 0 bridgehead atoms. The number of nitrogens with zero attached hydrogens (tertiary/aromatic N) is 8. The van der Waals surface area contributed by atoms with Gasteiger partial charge in [0.25, 0.3) is 0 Å². The van der Waals surface area contributed by atoms with Gasteiger partial charge in [-0.1, -0.05) is 0 Å². The molecule has 10 heteroatoms. The van der Waals surface area contributed by atoms with Crippen LogP contribution in [-0.4, -0.2) is 40.6 Å². The number of hydrogen-bond donors (Lipinski definition) is 2. The molecular weight excluding hydrogens is 164 g/mol. The van der Waals surface area contributed by atoms with E-state index in [0.29, 0.717) is 0 Å². The smallest absolute Gasteiger partial charge is 0.163 e. The Bertz CT molecular complexity index is 260. The van der Waals surface area contributed by atoms with Crippen molar-refractivity contribution in [2.75, 3.05) is 5.53 Å². The van der Waals surface area contributed by atoms with E-state index in [4.69, 9.17) is 0 Å². The van der Waals surface area contributed by atoms with Gasteiger partial charge in [-0.25, -0.2) is 0 Å². The van der Waals surface area contributed by atoms with Crippen molar-refractivity contribution >= 4 is 0 Å². The molecule has 5 N–H and O–H groups in total. The molecule has 0 saturated heterocycles. The third-order valence-corrected chi connectivity index (χ3v) is 0.903. The average molecular weight is 171 g/mol. The average Bonchev–Trinajstić information content (AvgIpc) is 2.60. The van der Waals surface area contributed by atoms with E-state index >= 15 is 0 Å². The normalized spacial score (nSPS) is 9.00. The van der Waals surface area contributed by atoms with Crippen molar-refractivity contribution < 1.29 is 0 Å². The van der Waals surface area contributed by atoms with Gasteiger partial charge in [-0.15, -0.1) is 19.8 Å². The van der Waals surface area contributed by atoms with Gasteiger partial charge in [0.2, 0.25) is 0 Å². The Morgan fingerprint density at radius 3 is 1.75 bits per heavy atom. The lowest BCUT2D eigenvalue weighted by Crippen LogP contribution is -2.22. The van der Waals surface area contributed by atoms with Crippen molar-refractivity contribution in [3.8, 4) is 0 Å². The molecule has 0 aliphatic heterocycles. The van der Waals surface area contributed by atoms with Crippen molar-refractivity contribution in [2.24, 2.45) is 0 Å². The van der Waals surface area contributed by atoms with E-state index < -0.39 is 0 Å². The number of nitrogens with one attached hydrogen (secondary N) is 1. The topological polar surface area (TPSA) is 136 Å². The van der Waals surface area contributed by atoms with Gasteiger partial charge < -0.3 is 6.15 Å². The molecule has 12 heavy (non-hydrogen) atoms. The summed E-state index contributed by atoms with van der Waals surface area (Å²) >= 11 is 0. The minimum Gasteiger partial charge on any atom is -0.369 e. The molecule has 0 aromatic carbocycles. The highest BCUT2D eigenvalue weighted by molar-refractivity contribution is 4.59. The molecule has 2 aromatic heterocycles. The van der Waals surface area contributed by atoms with Gasteiger partial charge in [0.05, 0.1) is 0 Å². The van der Waals surface area contributed by atoms with Gasteiger partial charge in [0, 0.05) is 0 Å². The molecular formula is C2H7N10+. The number of aromatic nitrogens is 8. The quantitative estimate of drug-likeness (QED) is 0.535. The van der Waals surface area contributed by atoms with E-state index in [-0.39, 0.29) is 6.15 Å². The highest BCUT2D eigenvalue weighted by atomic mass is 15.8. The maximum absolute atomic E-state index is 3.52. The second kappa shape index (κ2) is 3.34. The maximum atomic E-state index is 3.52. The Morgan fingerprint density at radius 2 is 1.42 bits per heavy atom. The van der Waals surface area contributed by atoms with E-state index in [0.717, 1.165) is 0 Å². The van der Waals surface area contributed by atoms with Crippen molar-refractivity contribution in [3.63, 3.8) is 0 Å². The number of quaternary nitrogens is 1. The molecule has 0 radical (unpaired) electrons. The SMILES string of the molecule is [NH4+].c1nnnn1Nn1cnnn1. The molecule has 2 aromatic rings. The van der Waals surface area contributed by atoms with E-state index in [1.54, 1.807) is 0 Å². The Balaban J connectivity index is 0.000000720. The summed E-state index contributed by atoms with van der Waals surface area (Å²) in [5, 5.41) is 20.6. The number of hydrogen-bond acceptors (Lipinski definition) is 7. The van der Waals surface area contributed by atoms with Crippen molar-refractivity contribution in [3.05, 3.63) is 12.7 Å². The third kappa shape index (κ3) is 1.49. The molecule has 2 heterocycles. The van der Waals surface area contributed by atoms with Crippen LogP contribution in [0.5, 0.6) is 0 Å². The lowest BCUT2D eigenvalue weighted by atomic mass is 11.4. The monoisotopic (exact) mass is 171 g/mol. The molecule has 0 saturated carbocycles. The van der Waals surface area contributed by atoms with Gasteiger partial charge in [0.15, 0.2) is 12.7 Å². The Morgan fingerprint density at radius 1 is 0.917 bits per heavy atom. The molecule has 0 aliphatic carbocycles. The molecule has 0 spiro atoms. The van der Waals surface area contributed by atoms with E-state index in [2.05, 4.69) is 36.6 Å². The summed E-state index contributed by atoms with van der Waals surface area (Å²) in [6.45, 7) is 0. The van der Waals surface area contributed by atoms with Gasteiger partial charge in [-0.3, -0.25) is 0 Å². The second-order valence-corrected chi connectivity index (χ2v) is 1.61. The zero-order valence-electron chi connectivity index (χ0n) is 6.23. The van der Waals surface area contributed by atoms with Crippen LogP contribution in [0.3, 0.4) is 0 Å². The Hall–Kier alpha value is -2.10. The zero-order valence-corrected chi connectivity index (χ0v) is 6.23. The summed E-state index contributed by atoms with van der Waals surface area (Å²) < 4.78 is 0. The van der Waals surface area contributed by atoms with Crippen molar-refractivity contribution in [2.45, 2.75) is 0 Å². The Kier molecular flexibility index (Phi) is 2.23. The first kappa shape index (κ1) is 8.00. The van der Waals surface area contributed by atoms with Gasteiger partial charge in [-0.2, -0.15) is 5.53 Å². The summed E-state index contributed by atoms with van der Waals surface area (Å²) in [6, 6.07) is 0. The minimum absolute atomic E-state index is 0. The van der Waals surface area contributed by atoms with Crippen molar-refractivity contribution in [1.29, 1.82) is 0 Å². The van der Waals surface area contributed by atoms with Crippen LogP contribution >= 0.6 is 0 Å². The van der Waals surface area contributed by atoms with Crippen LogP contribution < -0.4 is 11.7 Å². The van der Waals surface area contributed by atoms with Crippen LogP contribution in [0.1, 0.15) is 0 Å². The molecule has 0 fully saturated rings. The number of tetrazole rings is 2. The predicted molar refractivity (Wildman–Crippen MR) is 36.4 cm³/mol. The first-order valence-electron chi connectivity index (χ1n) is 2.68. The number of rotatable bonds is 2. The van der Waals surface area contributed by atoms with Crippen molar-refractivity contribution in [1.82, 2.24) is 46.8 Å². The molecule has 2 rings (SSSR count). The fourth-order valence-electron chi connectivity index (χ4n) is 0.519. The van der Waals surface area contributed by atoms with Crippen LogP contribution in [0.25, 0.3) is 0 Å². The summed E-state index contributed by atoms with van der Waals surface area (Å²) in [4.78, 5) is 2.52. The minimum atomic E-state index is 0.